The first-order valence-electron chi connectivity index (χ1n) is 7.24. The van der Waals surface area contributed by atoms with Crippen LogP contribution < -0.4 is 0 Å². The van der Waals surface area contributed by atoms with Crippen molar-refractivity contribution in [3.63, 3.8) is 0 Å². The molecular formula is C15H25NO2. The number of aliphatic hydroxyl groups is 1. The summed E-state index contributed by atoms with van der Waals surface area (Å²) in [7, 11) is 0. The molecule has 3 heteroatoms. The lowest BCUT2D eigenvalue weighted by Crippen LogP contribution is -2.52. The monoisotopic (exact) mass is 251 g/mol. The fourth-order valence-electron chi connectivity index (χ4n) is 3.67. The Bertz CT molecular complexity index is 318. The van der Waals surface area contributed by atoms with Crippen LogP contribution in [-0.2, 0) is 4.74 Å². The quantitative estimate of drug-likeness (QED) is 0.821. The van der Waals surface area contributed by atoms with Gasteiger partial charge in [-0.3, -0.25) is 0 Å². The number of rotatable bonds is 2. The second-order valence-corrected chi connectivity index (χ2v) is 6.42. The predicted octanol–water partition coefficient (Wildman–Crippen LogP) is 2.88. The van der Waals surface area contributed by atoms with Gasteiger partial charge in [0.05, 0.1) is 17.1 Å². The maximum atomic E-state index is 10.9. The molecule has 1 saturated heterocycles. The van der Waals surface area contributed by atoms with Crippen LogP contribution in [0.5, 0.6) is 0 Å². The van der Waals surface area contributed by atoms with E-state index in [9.17, 15) is 10.4 Å². The predicted molar refractivity (Wildman–Crippen MR) is 69.8 cm³/mol. The van der Waals surface area contributed by atoms with Gasteiger partial charge in [-0.2, -0.15) is 5.26 Å². The molecule has 0 amide bonds. The molecule has 2 fully saturated rings. The van der Waals surface area contributed by atoms with Crippen molar-refractivity contribution in [2.45, 2.75) is 58.0 Å². The van der Waals surface area contributed by atoms with Crippen molar-refractivity contribution in [2.75, 3.05) is 13.2 Å². The van der Waals surface area contributed by atoms with Crippen LogP contribution in [-0.4, -0.2) is 23.9 Å². The lowest BCUT2D eigenvalue weighted by Gasteiger charge is -2.48. The minimum atomic E-state index is -0.818. The first-order chi connectivity index (χ1) is 8.53. The second-order valence-electron chi connectivity index (χ2n) is 6.42. The van der Waals surface area contributed by atoms with Gasteiger partial charge in [-0.05, 0) is 37.5 Å². The van der Waals surface area contributed by atoms with Gasteiger partial charge in [0.15, 0.2) is 0 Å². The van der Waals surface area contributed by atoms with Gasteiger partial charge in [-0.25, -0.2) is 0 Å². The highest BCUT2D eigenvalue weighted by Gasteiger charge is 2.52. The highest BCUT2D eigenvalue weighted by atomic mass is 16.5. The lowest BCUT2D eigenvalue weighted by molar-refractivity contribution is -0.138. The van der Waals surface area contributed by atoms with Crippen molar-refractivity contribution in [1.29, 1.82) is 5.26 Å². The summed E-state index contributed by atoms with van der Waals surface area (Å²) in [5.74, 6) is 1.40. The fourth-order valence-corrected chi connectivity index (χ4v) is 3.67. The molecule has 0 bridgehead atoms. The summed E-state index contributed by atoms with van der Waals surface area (Å²) in [5.41, 5.74) is -1.34. The molecule has 102 valence electrons. The molecular weight excluding hydrogens is 226 g/mol. The molecule has 1 aliphatic heterocycles. The lowest BCUT2D eigenvalue weighted by atomic mass is 9.59. The molecule has 1 N–H and O–H groups in total. The Morgan fingerprint density at radius 2 is 1.72 bits per heavy atom. The molecule has 0 spiro atoms. The summed E-state index contributed by atoms with van der Waals surface area (Å²) in [6.07, 6.45) is 5.09. The van der Waals surface area contributed by atoms with E-state index in [4.69, 9.17) is 4.74 Å². The minimum absolute atomic E-state index is 0.526. The smallest absolute Gasteiger partial charge is 0.0877 e. The van der Waals surface area contributed by atoms with E-state index in [0.717, 1.165) is 31.6 Å². The van der Waals surface area contributed by atoms with E-state index in [2.05, 4.69) is 19.9 Å². The normalized spacial score (nSPS) is 36.3. The highest BCUT2D eigenvalue weighted by molar-refractivity contribution is 5.13. The van der Waals surface area contributed by atoms with Gasteiger partial charge < -0.3 is 9.84 Å². The Labute approximate surface area is 110 Å². The van der Waals surface area contributed by atoms with E-state index in [0.29, 0.717) is 32.0 Å². The molecule has 3 nitrogen and oxygen atoms in total. The largest absolute Gasteiger partial charge is 0.388 e. The zero-order valence-electron chi connectivity index (χ0n) is 11.6. The summed E-state index contributed by atoms with van der Waals surface area (Å²) in [4.78, 5) is 0. The average molecular weight is 251 g/mol. The third kappa shape index (κ3) is 2.29. The van der Waals surface area contributed by atoms with Crippen molar-refractivity contribution in [3.05, 3.63) is 0 Å². The van der Waals surface area contributed by atoms with E-state index in [-0.39, 0.29) is 0 Å². The van der Waals surface area contributed by atoms with Crippen LogP contribution in [0.2, 0.25) is 0 Å². The number of ether oxygens (including phenoxy) is 1. The third-order valence-electron chi connectivity index (χ3n) is 5.25. The van der Waals surface area contributed by atoms with Crippen LogP contribution in [0.25, 0.3) is 0 Å². The van der Waals surface area contributed by atoms with E-state index < -0.39 is 11.0 Å². The van der Waals surface area contributed by atoms with Crippen molar-refractivity contribution in [3.8, 4) is 6.07 Å². The van der Waals surface area contributed by atoms with Crippen LogP contribution in [0.15, 0.2) is 0 Å². The van der Waals surface area contributed by atoms with Crippen LogP contribution >= 0.6 is 0 Å². The minimum Gasteiger partial charge on any atom is -0.388 e. The Morgan fingerprint density at radius 3 is 2.17 bits per heavy atom. The Hall–Kier alpha value is -0.590. The second kappa shape index (κ2) is 5.19. The number of hydrogen-bond donors (Lipinski definition) is 1. The fraction of sp³-hybridized carbons (Fsp3) is 0.933. The van der Waals surface area contributed by atoms with Gasteiger partial charge in [0.2, 0.25) is 0 Å². The summed E-state index contributed by atoms with van der Waals surface area (Å²) in [6.45, 7) is 5.70. The molecule has 2 aliphatic rings. The average Bonchev–Trinajstić information content (AvgIpc) is 2.39. The van der Waals surface area contributed by atoms with Gasteiger partial charge in [-0.15, -0.1) is 0 Å². The van der Waals surface area contributed by atoms with Gasteiger partial charge in [-0.1, -0.05) is 13.8 Å². The van der Waals surface area contributed by atoms with Crippen molar-refractivity contribution in [1.82, 2.24) is 0 Å². The van der Waals surface area contributed by atoms with E-state index in [1.165, 1.54) is 0 Å². The zero-order chi connectivity index (χ0) is 13.2. The van der Waals surface area contributed by atoms with E-state index in [1.807, 2.05) is 0 Å². The summed E-state index contributed by atoms with van der Waals surface area (Å²) >= 11 is 0. The number of nitriles is 1. The first kappa shape index (κ1) is 13.8. The van der Waals surface area contributed by atoms with Gasteiger partial charge in [0.25, 0.3) is 0 Å². The molecule has 0 aromatic carbocycles. The summed E-state index contributed by atoms with van der Waals surface area (Å²) < 4.78 is 5.34. The Balaban J connectivity index is 2.11. The standard InChI is InChI=1S/C15H25NO2/c1-12(2)13-3-5-14(11-16,6-4-13)15(17)7-9-18-10-8-15/h12-13,17H,3-10H2,1-2H3. The van der Waals surface area contributed by atoms with Gasteiger partial charge in [0, 0.05) is 26.1 Å². The third-order valence-corrected chi connectivity index (χ3v) is 5.25. The molecule has 1 saturated carbocycles. The zero-order valence-corrected chi connectivity index (χ0v) is 11.6. The first-order valence-corrected chi connectivity index (χ1v) is 7.24. The molecule has 1 aliphatic carbocycles. The number of hydrogen-bond acceptors (Lipinski definition) is 3. The molecule has 0 aromatic rings. The molecule has 0 atom stereocenters. The molecule has 2 rings (SSSR count). The highest BCUT2D eigenvalue weighted by Crippen LogP contribution is 2.50. The van der Waals surface area contributed by atoms with E-state index >= 15 is 0 Å². The maximum Gasteiger partial charge on any atom is 0.0877 e. The van der Waals surface area contributed by atoms with Crippen molar-refractivity contribution in [2.24, 2.45) is 17.3 Å². The molecule has 18 heavy (non-hydrogen) atoms. The van der Waals surface area contributed by atoms with Crippen LogP contribution in [0.3, 0.4) is 0 Å². The molecule has 0 unspecified atom stereocenters. The van der Waals surface area contributed by atoms with Crippen LogP contribution in [0.4, 0.5) is 0 Å². The van der Waals surface area contributed by atoms with Gasteiger partial charge >= 0.3 is 0 Å². The number of nitrogens with zero attached hydrogens (tertiary/aromatic N) is 1. The van der Waals surface area contributed by atoms with Crippen LogP contribution in [0.1, 0.15) is 52.4 Å². The molecule has 0 aromatic heterocycles. The molecule has 0 radical (unpaired) electrons. The molecule has 1 heterocycles. The van der Waals surface area contributed by atoms with E-state index in [1.54, 1.807) is 0 Å². The summed E-state index contributed by atoms with van der Waals surface area (Å²) in [6, 6.07) is 2.48. The topological polar surface area (TPSA) is 53.2 Å². The van der Waals surface area contributed by atoms with Gasteiger partial charge in [0.1, 0.15) is 0 Å². The SMILES string of the molecule is CC(C)C1CCC(C#N)(C2(O)CCOCC2)CC1. The summed E-state index contributed by atoms with van der Waals surface area (Å²) in [5, 5.41) is 20.5. The Morgan fingerprint density at radius 1 is 1.17 bits per heavy atom. The maximum absolute atomic E-state index is 10.9. The Kier molecular flexibility index (Phi) is 3.99. The van der Waals surface area contributed by atoms with Crippen molar-refractivity contribution >= 4 is 0 Å². The van der Waals surface area contributed by atoms with Crippen LogP contribution in [0, 0.1) is 28.6 Å². The van der Waals surface area contributed by atoms with Crippen molar-refractivity contribution < 1.29 is 9.84 Å².